The highest BCUT2D eigenvalue weighted by atomic mass is 32.2. The minimum Gasteiger partial charge on any atom is -0.456 e. The third-order valence-electron chi connectivity index (χ3n) is 11.9. The Morgan fingerprint density at radius 1 is 0.567 bits per heavy atom. The van der Waals surface area contributed by atoms with Crippen molar-refractivity contribution in [3.05, 3.63) is 217 Å². The Morgan fingerprint density at radius 3 is 2.08 bits per heavy atom. The molecule has 2 heterocycles. The standard InChI is InChI=1S/C56H41NOS2/c1-37-14-8-11-21-50(37)57(42-27-24-39(25-28-42)40-26-30-47-46-19-9-12-22-51(46)58-52(47)36-40)43-29-31-45(41(35-43)34-38-15-4-2-5-16-38)55-54(59-44-17-6-3-7-18-44)33-32-49-48-20-10-13-23-53(48)60-56(49)55/h2-33,35-37,50H,34H2,1H3. The zero-order chi connectivity index (χ0) is 40.0. The zero-order valence-corrected chi connectivity index (χ0v) is 34.8. The molecule has 2 unspecified atom stereocenters. The van der Waals surface area contributed by atoms with E-state index in [2.05, 4.69) is 206 Å². The van der Waals surface area contributed by atoms with E-state index in [-0.39, 0.29) is 6.04 Å². The lowest BCUT2D eigenvalue weighted by molar-refractivity contribution is 0.609. The fourth-order valence-corrected chi connectivity index (χ4v) is 11.2. The molecule has 2 atom stereocenters. The number of rotatable bonds is 9. The third kappa shape index (κ3) is 6.72. The van der Waals surface area contributed by atoms with Crippen LogP contribution >= 0.6 is 23.1 Å². The molecule has 4 heteroatoms. The van der Waals surface area contributed by atoms with Crippen molar-refractivity contribution in [3.8, 4) is 22.3 Å². The van der Waals surface area contributed by atoms with Crippen molar-refractivity contribution in [1.82, 2.24) is 0 Å². The van der Waals surface area contributed by atoms with Gasteiger partial charge in [-0.05, 0) is 107 Å². The molecule has 2 nitrogen and oxygen atoms in total. The summed E-state index contributed by atoms with van der Waals surface area (Å²) in [6.45, 7) is 2.32. The monoisotopic (exact) mass is 807 g/mol. The van der Waals surface area contributed by atoms with Crippen LogP contribution in [0.1, 0.15) is 18.1 Å². The summed E-state index contributed by atoms with van der Waals surface area (Å²) in [5.41, 5.74) is 11.7. The van der Waals surface area contributed by atoms with Gasteiger partial charge in [-0.2, -0.15) is 0 Å². The second-order valence-electron chi connectivity index (χ2n) is 15.7. The van der Waals surface area contributed by atoms with Crippen molar-refractivity contribution < 1.29 is 4.42 Å². The van der Waals surface area contributed by atoms with E-state index in [0.717, 1.165) is 45.2 Å². The second kappa shape index (κ2) is 15.5. The summed E-state index contributed by atoms with van der Waals surface area (Å²) < 4.78 is 8.92. The number of anilines is 2. The Labute approximate surface area is 358 Å². The van der Waals surface area contributed by atoms with Gasteiger partial charge in [-0.3, -0.25) is 0 Å². The molecule has 1 aliphatic rings. The predicted molar refractivity (Wildman–Crippen MR) is 257 cm³/mol. The average molecular weight is 808 g/mol. The van der Waals surface area contributed by atoms with Crippen LogP contribution in [0.2, 0.25) is 0 Å². The van der Waals surface area contributed by atoms with E-state index >= 15 is 0 Å². The molecule has 0 N–H and O–H groups in total. The molecule has 2 aromatic heterocycles. The van der Waals surface area contributed by atoms with Crippen molar-refractivity contribution in [2.45, 2.75) is 29.2 Å². The van der Waals surface area contributed by atoms with Crippen molar-refractivity contribution in [1.29, 1.82) is 0 Å². The highest BCUT2D eigenvalue weighted by Crippen LogP contribution is 2.48. The first kappa shape index (κ1) is 36.5. The summed E-state index contributed by atoms with van der Waals surface area (Å²) >= 11 is 3.76. The van der Waals surface area contributed by atoms with E-state index in [9.17, 15) is 0 Å². The quantitative estimate of drug-likeness (QED) is 0.145. The minimum absolute atomic E-state index is 0.137. The first-order valence-corrected chi connectivity index (χ1v) is 22.3. The van der Waals surface area contributed by atoms with Gasteiger partial charge in [-0.15, -0.1) is 11.3 Å². The van der Waals surface area contributed by atoms with Crippen LogP contribution < -0.4 is 4.90 Å². The van der Waals surface area contributed by atoms with Gasteiger partial charge in [0.25, 0.3) is 0 Å². The molecule has 0 spiro atoms. The van der Waals surface area contributed by atoms with Crippen LogP contribution in [-0.2, 0) is 6.42 Å². The largest absolute Gasteiger partial charge is 0.456 e. The summed E-state index contributed by atoms with van der Waals surface area (Å²) in [5, 5.41) is 4.92. The zero-order valence-electron chi connectivity index (χ0n) is 33.2. The maximum Gasteiger partial charge on any atom is 0.136 e. The predicted octanol–water partition coefficient (Wildman–Crippen LogP) is 16.3. The van der Waals surface area contributed by atoms with Gasteiger partial charge in [0.05, 0.1) is 6.04 Å². The molecule has 0 saturated heterocycles. The second-order valence-corrected chi connectivity index (χ2v) is 17.8. The first-order valence-electron chi connectivity index (χ1n) is 20.6. The summed E-state index contributed by atoms with van der Waals surface area (Å²) in [4.78, 5) is 5.04. The van der Waals surface area contributed by atoms with E-state index in [1.165, 1.54) is 57.9 Å². The molecule has 0 radical (unpaired) electrons. The van der Waals surface area contributed by atoms with Gasteiger partial charge in [0.2, 0.25) is 0 Å². The fraction of sp³-hybridized carbons (Fsp3) is 0.0714. The molecule has 11 rings (SSSR count). The van der Waals surface area contributed by atoms with Gasteiger partial charge in [0.1, 0.15) is 11.2 Å². The van der Waals surface area contributed by atoms with Crippen molar-refractivity contribution >= 4 is 76.6 Å². The maximum atomic E-state index is 6.27. The van der Waals surface area contributed by atoms with Gasteiger partial charge in [0.15, 0.2) is 0 Å². The van der Waals surface area contributed by atoms with Gasteiger partial charge < -0.3 is 9.32 Å². The molecule has 0 bridgehead atoms. The number of allylic oxidation sites excluding steroid dienone is 2. The lowest BCUT2D eigenvalue weighted by Gasteiger charge is -2.36. The molecular weight excluding hydrogens is 767 g/mol. The van der Waals surface area contributed by atoms with Gasteiger partial charge in [-0.25, -0.2) is 0 Å². The number of nitrogens with zero attached hydrogens (tertiary/aromatic N) is 1. The SMILES string of the molecule is CC1C=CC=CC1N(c1ccc(-c2ccc3c(c2)oc2ccccc23)cc1)c1ccc(-c2c(Sc3ccccc3)ccc3c2sc2ccccc23)c(Cc2ccccc2)c1. The number of furan rings is 1. The fourth-order valence-electron chi connectivity index (χ4n) is 8.90. The topological polar surface area (TPSA) is 16.4 Å². The number of hydrogen-bond acceptors (Lipinski definition) is 4. The highest BCUT2D eigenvalue weighted by Gasteiger charge is 2.26. The smallest absolute Gasteiger partial charge is 0.136 e. The molecule has 0 fully saturated rings. The maximum absolute atomic E-state index is 6.27. The van der Waals surface area contributed by atoms with E-state index in [1.54, 1.807) is 0 Å². The van der Waals surface area contributed by atoms with Crippen LogP contribution in [0, 0.1) is 5.92 Å². The Balaban J connectivity index is 1.06. The van der Waals surface area contributed by atoms with Crippen LogP contribution in [0.5, 0.6) is 0 Å². The van der Waals surface area contributed by atoms with Crippen molar-refractivity contribution in [3.63, 3.8) is 0 Å². The third-order valence-corrected chi connectivity index (χ3v) is 14.2. The Hall–Kier alpha value is -6.59. The van der Waals surface area contributed by atoms with Crippen molar-refractivity contribution in [2.24, 2.45) is 5.92 Å². The van der Waals surface area contributed by atoms with E-state index in [0.29, 0.717) is 5.92 Å². The summed E-state index contributed by atoms with van der Waals surface area (Å²) in [6, 6.07) is 66.5. The van der Waals surface area contributed by atoms with Crippen LogP contribution in [-0.4, -0.2) is 6.04 Å². The van der Waals surface area contributed by atoms with Crippen LogP contribution in [0.25, 0.3) is 64.4 Å². The van der Waals surface area contributed by atoms with E-state index < -0.39 is 0 Å². The Bertz CT molecular complexity index is 3230. The van der Waals surface area contributed by atoms with Crippen molar-refractivity contribution in [2.75, 3.05) is 4.90 Å². The Kier molecular flexibility index (Phi) is 9.45. The molecule has 1 aliphatic carbocycles. The van der Waals surface area contributed by atoms with Gasteiger partial charge in [-0.1, -0.05) is 158 Å². The van der Waals surface area contributed by atoms with Gasteiger partial charge >= 0.3 is 0 Å². The Morgan fingerprint density at radius 2 is 1.25 bits per heavy atom. The van der Waals surface area contributed by atoms with Crippen LogP contribution in [0.4, 0.5) is 11.4 Å². The molecule has 0 saturated carbocycles. The normalized spacial score (nSPS) is 15.1. The lowest BCUT2D eigenvalue weighted by atomic mass is 9.91. The number of benzene rings is 8. The molecule has 10 aromatic rings. The molecule has 0 amide bonds. The average Bonchev–Trinajstić information content (AvgIpc) is 3.86. The number of thiophene rings is 1. The minimum atomic E-state index is 0.137. The first-order chi connectivity index (χ1) is 29.6. The number of fused-ring (bicyclic) bond motifs is 6. The van der Waals surface area contributed by atoms with E-state index in [4.69, 9.17) is 4.42 Å². The van der Waals surface area contributed by atoms with Crippen LogP contribution in [0.3, 0.4) is 0 Å². The molecule has 8 aromatic carbocycles. The molecular formula is C56H41NOS2. The summed E-state index contributed by atoms with van der Waals surface area (Å²) in [5.74, 6) is 0.309. The molecule has 0 aliphatic heterocycles. The highest BCUT2D eigenvalue weighted by molar-refractivity contribution is 7.99. The lowest BCUT2D eigenvalue weighted by Crippen LogP contribution is -2.35. The molecule has 60 heavy (non-hydrogen) atoms. The summed E-state index contributed by atoms with van der Waals surface area (Å²) in [7, 11) is 0. The number of hydrogen-bond donors (Lipinski definition) is 0. The van der Waals surface area contributed by atoms with Gasteiger partial charge in [0, 0.05) is 57.7 Å². The van der Waals surface area contributed by atoms with Crippen LogP contribution in [0.15, 0.2) is 221 Å². The molecule has 288 valence electrons. The number of para-hydroxylation sites is 1. The summed E-state index contributed by atoms with van der Waals surface area (Å²) in [6.07, 6.45) is 9.86. The van der Waals surface area contributed by atoms with E-state index in [1.807, 2.05) is 35.2 Å².